The molecule has 1 aliphatic heterocycles. The highest BCUT2D eigenvalue weighted by Gasteiger charge is 2.11. The molecule has 0 aliphatic carbocycles. The van der Waals surface area contributed by atoms with Crippen LogP contribution in [0.25, 0.3) is 0 Å². The van der Waals surface area contributed by atoms with E-state index in [4.69, 9.17) is 15.2 Å². The number of guanidine groups is 1. The van der Waals surface area contributed by atoms with Gasteiger partial charge in [-0.25, -0.2) is 9.98 Å². The van der Waals surface area contributed by atoms with E-state index in [1.807, 2.05) is 12.1 Å². The third-order valence-electron chi connectivity index (χ3n) is 3.44. The van der Waals surface area contributed by atoms with E-state index >= 15 is 0 Å². The van der Waals surface area contributed by atoms with Gasteiger partial charge in [-0.2, -0.15) is 0 Å². The van der Waals surface area contributed by atoms with Gasteiger partial charge in [0.25, 0.3) is 0 Å². The van der Waals surface area contributed by atoms with Crippen LogP contribution in [0.15, 0.2) is 23.3 Å². The molecule has 1 fully saturated rings. The summed E-state index contributed by atoms with van der Waals surface area (Å²) >= 11 is 0. The molecule has 0 amide bonds. The van der Waals surface area contributed by atoms with Gasteiger partial charge in [-0.05, 0) is 24.8 Å². The van der Waals surface area contributed by atoms with Crippen LogP contribution in [-0.2, 0) is 11.3 Å². The van der Waals surface area contributed by atoms with Crippen LogP contribution in [0.5, 0.6) is 5.88 Å². The fourth-order valence-electron chi connectivity index (χ4n) is 2.21. The summed E-state index contributed by atoms with van der Waals surface area (Å²) in [5.41, 5.74) is 7.05. The van der Waals surface area contributed by atoms with Gasteiger partial charge in [0.2, 0.25) is 5.88 Å². The van der Waals surface area contributed by atoms with Crippen LogP contribution in [-0.4, -0.2) is 49.3 Å². The molecule has 116 valence electrons. The summed E-state index contributed by atoms with van der Waals surface area (Å²) in [6.07, 6.45) is 5.46. The third-order valence-corrected chi connectivity index (χ3v) is 3.44. The van der Waals surface area contributed by atoms with Crippen molar-refractivity contribution >= 4 is 5.96 Å². The van der Waals surface area contributed by atoms with E-state index < -0.39 is 0 Å². The number of nitrogens with zero attached hydrogens (tertiary/aromatic N) is 3. The summed E-state index contributed by atoms with van der Waals surface area (Å²) in [6.45, 7) is 3.64. The molecule has 0 radical (unpaired) electrons. The first-order valence-electron chi connectivity index (χ1n) is 7.41. The van der Waals surface area contributed by atoms with E-state index in [1.165, 1.54) is 19.3 Å². The topological polar surface area (TPSA) is 73.0 Å². The molecule has 0 bridgehead atoms. The largest absolute Gasteiger partial charge is 0.475 e. The van der Waals surface area contributed by atoms with Gasteiger partial charge in [0.05, 0.1) is 13.2 Å². The van der Waals surface area contributed by atoms with E-state index in [0.717, 1.165) is 18.7 Å². The predicted octanol–water partition coefficient (Wildman–Crippen LogP) is 1.41. The van der Waals surface area contributed by atoms with E-state index in [-0.39, 0.29) is 0 Å². The molecule has 1 aliphatic rings. The Kier molecular flexibility index (Phi) is 6.27. The van der Waals surface area contributed by atoms with Crippen LogP contribution in [0.4, 0.5) is 0 Å². The summed E-state index contributed by atoms with van der Waals surface area (Å²) in [4.78, 5) is 10.8. The van der Waals surface area contributed by atoms with Crippen molar-refractivity contribution in [1.82, 2.24) is 9.88 Å². The van der Waals surface area contributed by atoms with Crippen molar-refractivity contribution in [3.63, 3.8) is 0 Å². The molecule has 0 atom stereocenters. The van der Waals surface area contributed by atoms with Crippen LogP contribution in [0.1, 0.15) is 24.8 Å². The van der Waals surface area contributed by atoms with Crippen molar-refractivity contribution in [3.8, 4) is 5.88 Å². The maximum atomic E-state index is 6.02. The zero-order valence-corrected chi connectivity index (χ0v) is 12.6. The molecule has 1 aromatic heterocycles. The lowest BCUT2D eigenvalue weighted by molar-refractivity contribution is 0.143. The molecule has 0 spiro atoms. The summed E-state index contributed by atoms with van der Waals surface area (Å²) in [6, 6.07) is 3.81. The Morgan fingerprint density at radius 2 is 2.10 bits per heavy atom. The van der Waals surface area contributed by atoms with Crippen molar-refractivity contribution in [2.24, 2.45) is 10.7 Å². The number of aliphatic imine (C=N–C) groups is 1. The normalized spacial score (nSPS) is 16.0. The quantitative estimate of drug-likeness (QED) is 0.487. The lowest BCUT2D eigenvalue weighted by atomic mass is 10.1. The number of nitrogens with two attached hydrogens (primary N) is 1. The molecular weight excluding hydrogens is 268 g/mol. The highest BCUT2D eigenvalue weighted by molar-refractivity contribution is 5.78. The van der Waals surface area contributed by atoms with Crippen LogP contribution < -0.4 is 10.5 Å². The molecule has 2 heterocycles. The van der Waals surface area contributed by atoms with Gasteiger partial charge in [-0.15, -0.1) is 0 Å². The summed E-state index contributed by atoms with van der Waals surface area (Å²) < 4.78 is 10.3. The van der Waals surface area contributed by atoms with E-state index in [2.05, 4.69) is 14.9 Å². The van der Waals surface area contributed by atoms with Gasteiger partial charge in [0.15, 0.2) is 5.96 Å². The molecule has 21 heavy (non-hydrogen) atoms. The van der Waals surface area contributed by atoms with Crippen molar-refractivity contribution in [2.45, 2.75) is 25.8 Å². The van der Waals surface area contributed by atoms with Crippen LogP contribution in [0.3, 0.4) is 0 Å². The van der Waals surface area contributed by atoms with Crippen molar-refractivity contribution in [1.29, 1.82) is 0 Å². The molecule has 0 aromatic carbocycles. The summed E-state index contributed by atoms with van der Waals surface area (Å²) in [7, 11) is 1.64. The number of hydrogen-bond acceptors (Lipinski definition) is 4. The minimum Gasteiger partial charge on any atom is -0.475 e. The monoisotopic (exact) mass is 292 g/mol. The van der Waals surface area contributed by atoms with Crippen molar-refractivity contribution in [3.05, 3.63) is 23.9 Å². The van der Waals surface area contributed by atoms with E-state index in [9.17, 15) is 0 Å². The lowest BCUT2D eigenvalue weighted by Gasteiger charge is -2.27. The Hall–Kier alpha value is -1.82. The fraction of sp³-hybridized carbons (Fsp3) is 0.600. The molecule has 2 N–H and O–H groups in total. The molecular formula is C15H24N4O2. The third kappa shape index (κ3) is 5.23. The first-order valence-corrected chi connectivity index (χ1v) is 7.41. The standard InChI is InChI=1S/C15H24N4O2/c1-20-9-10-21-14-6-5-13(11-17-14)12-18-15(16)19-7-3-2-4-8-19/h5-6,11H,2-4,7-10,12H2,1H3,(H2,16,18). The zero-order chi connectivity index (χ0) is 14.9. The van der Waals surface area contributed by atoms with Gasteiger partial charge in [-0.3, -0.25) is 0 Å². The van der Waals surface area contributed by atoms with Crippen molar-refractivity contribution < 1.29 is 9.47 Å². The Labute approximate surface area is 126 Å². The highest BCUT2D eigenvalue weighted by Crippen LogP contribution is 2.10. The van der Waals surface area contributed by atoms with Crippen LogP contribution in [0, 0.1) is 0 Å². The Morgan fingerprint density at radius 1 is 1.29 bits per heavy atom. The highest BCUT2D eigenvalue weighted by atomic mass is 16.5. The molecule has 6 heteroatoms. The Morgan fingerprint density at radius 3 is 2.76 bits per heavy atom. The number of piperidine rings is 1. The number of ether oxygens (including phenoxy) is 2. The van der Waals surface area contributed by atoms with Crippen molar-refractivity contribution in [2.75, 3.05) is 33.4 Å². The summed E-state index contributed by atoms with van der Waals surface area (Å²) in [5.74, 6) is 1.24. The second-order valence-electron chi connectivity index (χ2n) is 5.07. The number of rotatable bonds is 6. The fourth-order valence-corrected chi connectivity index (χ4v) is 2.21. The van der Waals surface area contributed by atoms with E-state index in [1.54, 1.807) is 13.3 Å². The molecule has 6 nitrogen and oxygen atoms in total. The molecule has 0 unspecified atom stereocenters. The smallest absolute Gasteiger partial charge is 0.213 e. The second kappa shape index (κ2) is 8.46. The van der Waals surface area contributed by atoms with Gasteiger partial charge in [0, 0.05) is 32.5 Å². The van der Waals surface area contributed by atoms with Gasteiger partial charge in [0.1, 0.15) is 6.61 Å². The van der Waals surface area contributed by atoms with Gasteiger partial charge in [-0.1, -0.05) is 6.07 Å². The van der Waals surface area contributed by atoms with Gasteiger partial charge < -0.3 is 20.1 Å². The number of likely N-dealkylation sites (tertiary alicyclic amines) is 1. The summed E-state index contributed by atoms with van der Waals surface area (Å²) in [5, 5.41) is 0. The SMILES string of the molecule is COCCOc1ccc(CN=C(N)N2CCCCC2)cn1. The zero-order valence-electron chi connectivity index (χ0n) is 12.6. The number of hydrogen-bond donors (Lipinski definition) is 1. The lowest BCUT2D eigenvalue weighted by Crippen LogP contribution is -2.40. The number of aromatic nitrogens is 1. The first kappa shape index (κ1) is 15.6. The molecule has 2 rings (SSSR count). The van der Waals surface area contributed by atoms with E-state index in [0.29, 0.717) is 31.6 Å². The maximum absolute atomic E-state index is 6.02. The van der Waals surface area contributed by atoms with Gasteiger partial charge >= 0.3 is 0 Å². The number of methoxy groups -OCH3 is 1. The Bertz CT molecular complexity index is 441. The molecule has 1 saturated heterocycles. The maximum Gasteiger partial charge on any atom is 0.213 e. The molecule has 0 saturated carbocycles. The Balaban J connectivity index is 1.82. The minimum atomic E-state index is 0.503. The van der Waals surface area contributed by atoms with Crippen LogP contribution in [0.2, 0.25) is 0 Å². The first-order chi connectivity index (χ1) is 10.3. The number of pyridine rings is 1. The predicted molar refractivity (Wildman–Crippen MR) is 82.4 cm³/mol. The average Bonchev–Trinajstić information content (AvgIpc) is 2.55. The molecule has 1 aromatic rings. The minimum absolute atomic E-state index is 0.503. The average molecular weight is 292 g/mol. The second-order valence-corrected chi connectivity index (χ2v) is 5.07. The van der Waals surface area contributed by atoms with Crippen LogP contribution >= 0.6 is 0 Å².